The lowest BCUT2D eigenvalue weighted by atomic mass is 10.1. The molecule has 0 fully saturated rings. The summed E-state index contributed by atoms with van der Waals surface area (Å²) < 4.78 is 18.8. The second-order valence-corrected chi connectivity index (χ2v) is 6.36. The third-order valence-electron chi connectivity index (χ3n) is 4.78. The second-order valence-electron chi connectivity index (χ2n) is 6.36. The molecule has 25 heavy (non-hydrogen) atoms. The molecule has 1 atom stereocenters. The van der Waals surface area contributed by atoms with E-state index in [4.69, 9.17) is 14.2 Å². The summed E-state index contributed by atoms with van der Waals surface area (Å²) in [5.41, 5.74) is 1.71. The first-order valence-corrected chi connectivity index (χ1v) is 8.60. The Hall–Kier alpha value is -2.47. The minimum absolute atomic E-state index is 0.0165. The van der Waals surface area contributed by atoms with E-state index in [2.05, 4.69) is 16.8 Å². The average Bonchev–Trinajstić information content (AvgIpc) is 3.13. The lowest BCUT2D eigenvalue weighted by Gasteiger charge is -2.35. The molecule has 2 aliphatic heterocycles. The quantitative estimate of drug-likeness (QED) is 0.857. The number of hydrogen-bond donors (Lipinski definition) is 0. The van der Waals surface area contributed by atoms with Crippen molar-refractivity contribution in [2.75, 3.05) is 33.5 Å². The van der Waals surface area contributed by atoms with Crippen molar-refractivity contribution < 1.29 is 19.0 Å². The zero-order valence-corrected chi connectivity index (χ0v) is 14.3. The summed E-state index contributed by atoms with van der Waals surface area (Å²) in [6, 6.07) is 9.82. The minimum Gasteiger partial charge on any atom is -0.486 e. The van der Waals surface area contributed by atoms with Crippen LogP contribution in [0.4, 0.5) is 0 Å². The molecule has 2 aromatic rings. The molecule has 1 aromatic carbocycles. The zero-order chi connectivity index (χ0) is 17.2. The molecule has 0 aliphatic carbocycles. The smallest absolute Gasteiger partial charge is 0.258 e. The van der Waals surface area contributed by atoms with Gasteiger partial charge in [-0.05, 0) is 30.7 Å². The number of hydrogen-bond acceptors (Lipinski definition) is 4. The van der Waals surface area contributed by atoms with Crippen molar-refractivity contribution >= 4 is 5.91 Å². The van der Waals surface area contributed by atoms with Gasteiger partial charge in [0.15, 0.2) is 11.5 Å². The van der Waals surface area contributed by atoms with Crippen LogP contribution in [0.1, 0.15) is 28.5 Å². The number of para-hydroxylation sites is 1. The fourth-order valence-electron chi connectivity index (χ4n) is 3.57. The Labute approximate surface area is 146 Å². The van der Waals surface area contributed by atoms with Gasteiger partial charge in [-0.3, -0.25) is 4.79 Å². The van der Waals surface area contributed by atoms with E-state index < -0.39 is 0 Å². The normalized spacial score (nSPS) is 18.8. The number of amides is 1. The predicted molar refractivity (Wildman–Crippen MR) is 92.1 cm³/mol. The van der Waals surface area contributed by atoms with Crippen LogP contribution in [0.2, 0.25) is 0 Å². The Bertz CT molecular complexity index is 771. The summed E-state index contributed by atoms with van der Waals surface area (Å²) >= 11 is 0. The van der Waals surface area contributed by atoms with Gasteiger partial charge in [-0.2, -0.15) is 0 Å². The fourth-order valence-corrected chi connectivity index (χ4v) is 3.57. The number of methoxy groups -OCH3 is 1. The van der Waals surface area contributed by atoms with Crippen molar-refractivity contribution in [3.63, 3.8) is 0 Å². The van der Waals surface area contributed by atoms with E-state index in [1.165, 1.54) is 0 Å². The first-order valence-electron chi connectivity index (χ1n) is 8.60. The number of aromatic nitrogens is 1. The van der Waals surface area contributed by atoms with Gasteiger partial charge in [-0.15, -0.1) is 0 Å². The van der Waals surface area contributed by atoms with Gasteiger partial charge in [0, 0.05) is 32.2 Å². The molecular weight excluding hydrogens is 320 g/mol. The number of ether oxygens (including phenoxy) is 3. The third kappa shape index (κ3) is 2.98. The molecule has 132 valence electrons. The summed E-state index contributed by atoms with van der Waals surface area (Å²) in [6.45, 7) is 2.91. The van der Waals surface area contributed by atoms with E-state index in [0.29, 0.717) is 50.0 Å². The SMILES string of the molecule is COCC[C@H]1CN(C(=O)c2cccc3c2OCCO3)Cc2cccn21. The molecule has 6 heteroatoms. The van der Waals surface area contributed by atoms with Crippen molar-refractivity contribution in [2.45, 2.75) is 19.0 Å². The van der Waals surface area contributed by atoms with Crippen molar-refractivity contribution in [1.82, 2.24) is 9.47 Å². The molecule has 6 nitrogen and oxygen atoms in total. The molecule has 0 unspecified atom stereocenters. The largest absolute Gasteiger partial charge is 0.486 e. The summed E-state index contributed by atoms with van der Waals surface area (Å²) in [5, 5.41) is 0. The summed E-state index contributed by atoms with van der Waals surface area (Å²) in [7, 11) is 1.70. The number of carbonyl (C=O) groups excluding carboxylic acids is 1. The topological polar surface area (TPSA) is 52.9 Å². The molecule has 2 aliphatic rings. The van der Waals surface area contributed by atoms with Gasteiger partial charge in [0.05, 0.1) is 18.2 Å². The molecule has 0 bridgehead atoms. The predicted octanol–water partition coefficient (Wildman–Crippen LogP) is 2.49. The van der Waals surface area contributed by atoms with E-state index in [-0.39, 0.29) is 11.9 Å². The van der Waals surface area contributed by atoms with Crippen molar-refractivity contribution in [3.05, 3.63) is 47.8 Å². The average molecular weight is 342 g/mol. The van der Waals surface area contributed by atoms with Crippen LogP contribution < -0.4 is 9.47 Å². The number of carbonyl (C=O) groups is 1. The van der Waals surface area contributed by atoms with Crippen LogP contribution in [0, 0.1) is 0 Å². The zero-order valence-electron chi connectivity index (χ0n) is 14.3. The number of rotatable bonds is 4. The van der Waals surface area contributed by atoms with Gasteiger partial charge in [-0.1, -0.05) is 6.07 Å². The maximum absolute atomic E-state index is 13.2. The third-order valence-corrected chi connectivity index (χ3v) is 4.78. The van der Waals surface area contributed by atoms with Crippen LogP contribution in [0.25, 0.3) is 0 Å². The van der Waals surface area contributed by atoms with Crippen LogP contribution in [0.15, 0.2) is 36.5 Å². The number of nitrogens with zero attached hydrogens (tertiary/aromatic N) is 2. The molecule has 0 spiro atoms. The minimum atomic E-state index is -0.0165. The van der Waals surface area contributed by atoms with Crippen LogP contribution in [-0.2, 0) is 11.3 Å². The highest BCUT2D eigenvalue weighted by Gasteiger charge is 2.30. The Balaban J connectivity index is 1.61. The Morgan fingerprint density at radius 2 is 2.12 bits per heavy atom. The highest BCUT2D eigenvalue weighted by molar-refractivity contribution is 5.98. The van der Waals surface area contributed by atoms with Gasteiger partial charge >= 0.3 is 0 Å². The van der Waals surface area contributed by atoms with E-state index >= 15 is 0 Å². The van der Waals surface area contributed by atoms with Gasteiger partial charge in [0.2, 0.25) is 0 Å². The van der Waals surface area contributed by atoms with E-state index in [0.717, 1.165) is 12.1 Å². The highest BCUT2D eigenvalue weighted by Crippen LogP contribution is 2.35. The fraction of sp³-hybridized carbons (Fsp3) is 0.421. The molecule has 4 rings (SSSR count). The van der Waals surface area contributed by atoms with Crippen molar-refractivity contribution in [3.8, 4) is 11.5 Å². The molecular formula is C19H22N2O4. The Morgan fingerprint density at radius 1 is 1.24 bits per heavy atom. The van der Waals surface area contributed by atoms with Gasteiger partial charge < -0.3 is 23.7 Å². The maximum Gasteiger partial charge on any atom is 0.258 e. The Kier molecular flexibility index (Phi) is 4.36. The first kappa shape index (κ1) is 16.0. The molecule has 3 heterocycles. The van der Waals surface area contributed by atoms with Crippen LogP contribution in [0.5, 0.6) is 11.5 Å². The maximum atomic E-state index is 13.2. The number of benzene rings is 1. The lowest BCUT2D eigenvalue weighted by Crippen LogP contribution is -2.41. The van der Waals surface area contributed by atoms with Gasteiger partial charge in [0.1, 0.15) is 13.2 Å². The van der Waals surface area contributed by atoms with Crippen molar-refractivity contribution in [2.24, 2.45) is 0 Å². The molecule has 0 saturated carbocycles. The van der Waals surface area contributed by atoms with Gasteiger partial charge in [-0.25, -0.2) is 0 Å². The monoisotopic (exact) mass is 342 g/mol. The lowest BCUT2D eigenvalue weighted by molar-refractivity contribution is 0.0644. The van der Waals surface area contributed by atoms with E-state index in [1.54, 1.807) is 7.11 Å². The summed E-state index contributed by atoms with van der Waals surface area (Å²) in [5.74, 6) is 1.19. The first-order chi connectivity index (χ1) is 12.3. The Morgan fingerprint density at radius 3 is 3.00 bits per heavy atom. The van der Waals surface area contributed by atoms with Crippen molar-refractivity contribution in [1.29, 1.82) is 0 Å². The summed E-state index contributed by atoms with van der Waals surface area (Å²) in [4.78, 5) is 15.1. The number of fused-ring (bicyclic) bond motifs is 2. The standard InChI is InChI=1S/C19H22N2O4/c1-23-9-7-15-13-20(12-14-4-3-8-21(14)15)19(22)16-5-2-6-17-18(16)25-11-10-24-17/h2-6,8,15H,7,9-13H2,1H3/t15-/m0/s1. The van der Waals surface area contributed by atoms with Gasteiger partial charge in [0.25, 0.3) is 5.91 Å². The summed E-state index contributed by atoms with van der Waals surface area (Å²) in [6.07, 6.45) is 2.95. The molecule has 1 aromatic heterocycles. The van der Waals surface area contributed by atoms with E-state index in [1.807, 2.05) is 29.2 Å². The molecule has 0 saturated heterocycles. The molecule has 0 N–H and O–H groups in total. The highest BCUT2D eigenvalue weighted by atomic mass is 16.6. The second kappa shape index (κ2) is 6.80. The van der Waals surface area contributed by atoms with Crippen LogP contribution >= 0.6 is 0 Å². The molecule has 1 amide bonds. The van der Waals surface area contributed by atoms with Crippen LogP contribution in [0.3, 0.4) is 0 Å². The van der Waals surface area contributed by atoms with Crippen LogP contribution in [-0.4, -0.2) is 48.8 Å². The molecule has 0 radical (unpaired) electrons. The van der Waals surface area contributed by atoms with E-state index in [9.17, 15) is 4.79 Å².